The van der Waals surface area contributed by atoms with E-state index >= 15 is 0 Å². The van der Waals surface area contributed by atoms with E-state index < -0.39 is 7.82 Å². The van der Waals surface area contributed by atoms with E-state index in [1.165, 1.54) is 11.1 Å². The van der Waals surface area contributed by atoms with Gasteiger partial charge in [-0.05, 0) is 72.6 Å². The molecule has 0 radical (unpaired) electrons. The van der Waals surface area contributed by atoms with E-state index in [4.69, 9.17) is 0 Å². The van der Waals surface area contributed by atoms with Crippen molar-refractivity contribution < 1.29 is 78.0 Å². The average molecular weight is 414 g/mol. The molecule has 0 saturated carbocycles. The van der Waals surface area contributed by atoms with Gasteiger partial charge in [0.05, 0.1) is 14.4 Å². The Hall–Kier alpha value is 1.07. The Kier molecular flexibility index (Phi) is 21.7. The fraction of sp³-hybridized carbons (Fsp3) is 0.600. The monoisotopic (exact) mass is 414 g/mol. The largest absolute Gasteiger partial charge is 1.00 e. The number of phosphoric ester groups is 1. The van der Waals surface area contributed by atoms with Crippen molar-refractivity contribution in [2.24, 2.45) is 5.92 Å². The Morgan fingerprint density at radius 1 is 1.00 bits per heavy atom. The Labute approximate surface area is 210 Å². The second-order valence-corrected chi connectivity index (χ2v) is 8.13. The van der Waals surface area contributed by atoms with Crippen molar-refractivity contribution in [2.75, 3.05) is 6.61 Å². The molecule has 0 aromatic heterocycles. The molecule has 7 heteroatoms. The van der Waals surface area contributed by atoms with Gasteiger partial charge in [-0.3, -0.25) is 0 Å². The second-order valence-electron chi connectivity index (χ2n) is 6.98. The van der Waals surface area contributed by atoms with E-state index in [2.05, 4.69) is 44.0 Å². The summed E-state index contributed by atoms with van der Waals surface area (Å²) in [5.41, 5.74) is 4.92. The molecule has 0 amide bonds. The Morgan fingerprint density at radius 2 is 1.56 bits per heavy atom. The quantitative estimate of drug-likeness (QED) is 0.230. The van der Waals surface area contributed by atoms with Crippen LogP contribution in [0.3, 0.4) is 0 Å². The van der Waals surface area contributed by atoms with Crippen molar-refractivity contribution in [3.8, 4) is 0 Å². The summed E-state index contributed by atoms with van der Waals surface area (Å²) in [6.45, 7) is 14.3. The van der Waals surface area contributed by atoms with Gasteiger partial charge >= 0.3 is 59.1 Å². The van der Waals surface area contributed by atoms with Crippen LogP contribution < -0.4 is 68.9 Å². The average Bonchev–Trinajstić information content (AvgIpc) is 2.44. The van der Waals surface area contributed by atoms with Crippen molar-refractivity contribution in [3.63, 3.8) is 0 Å². The summed E-state index contributed by atoms with van der Waals surface area (Å²) in [6.07, 6.45) is 11.1. The molecule has 0 aliphatic rings. The van der Waals surface area contributed by atoms with Gasteiger partial charge in [0, 0.05) is 0 Å². The summed E-state index contributed by atoms with van der Waals surface area (Å²) in [5.74, 6) is 0.396. The van der Waals surface area contributed by atoms with Crippen LogP contribution in [0.5, 0.6) is 0 Å². The first-order chi connectivity index (χ1) is 11.5. The van der Waals surface area contributed by atoms with Crippen molar-refractivity contribution in [3.05, 3.63) is 47.1 Å². The summed E-state index contributed by atoms with van der Waals surface area (Å²) >= 11 is 0. The summed E-state index contributed by atoms with van der Waals surface area (Å²) < 4.78 is 14.7. The molecule has 0 aliphatic carbocycles. The smallest absolute Gasteiger partial charge is 0.790 e. The third-order valence-electron chi connectivity index (χ3n) is 4.09. The zero-order valence-electron chi connectivity index (χ0n) is 18.3. The van der Waals surface area contributed by atoms with Gasteiger partial charge in [0.2, 0.25) is 0 Å². The molecule has 0 fully saturated rings. The van der Waals surface area contributed by atoms with Gasteiger partial charge < -0.3 is 18.9 Å². The molecule has 0 aliphatic heterocycles. The van der Waals surface area contributed by atoms with Crippen LogP contribution in [0.4, 0.5) is 0 Å². The van der Waals surface area contributed by atoms with Crippen molar-refractivity contribution >= 4 is 7.82 Å². The number of hydrogen-bond donors (Lipinski definition) is 0. The van der Waals surface area contributed by atoms with Crippen LogP contribution in [-0.2, 0) is 9.09 Å². The van der Waals surface area contributed by atoms with Gasteiger partial charge in [-0.1, -0.05) is 47.1 Å². The van der Waals surface area contributed by atoms with Gasteiger partial charge in [-0.15, -0.1) is 0 Å². The minimum absolute atomic E-state index is 0. The molecule has 0 aromatic rings. The number of rotatable bonds is 12. The molecular formula is C20H33Na2O4P. The fourth-order valence-electron chi connectivity index (χ4n) is 2.37. The first-order valence-corrected chi connectivity index (χ1v) is 10.2. The molecule has 0 N–H and O–H groups in total. The van der Waals surface area contributed by atoms with Crippen molar-refractivity contribution in [1.29, 1.82) is 0 Å². The molecule has 1 unspecified atom stereocenters. The summed E-state index contributed by atoms with van der Waals surface area (Å²) in [6, 6.07) is 0. The van der Waals surface area contributed by atoms with E-state index in [9.17, 15) is 14.4 Å². The first kappa shape index (κ1) is 32.7. The summed E-state index contributed by atoms with van der Waals surface area (Å²) in [5, 5.41) is 0. The summed E-state index contributed by atoms with van der Waals surface area (Å²) in [4.78, 5) is 20.9. The van der Waals surface area contributed by atoms with Crippen molar-refractivity contribution in [2.45, 2.75) is 66.7 Å². The third-order valence-corrected chi connectivity index (χ3v) is 4.56. The van der Waals surface area contributed by atoms with Crippen LogP contribution in [-0.4, -0.2) is 6.61 Å². The second kappa shape index (κ2) is 17.9. The fourth-order valence-corrected chi connectivity index (χ4v) is 2.63. The Morgan fingerprint density at radius 3 is 2.04 bits per heavy atom. The predicted molar refractivity (Wildman–Crippen MR) is 102 cm³/mol. The number of allylic oxidation sites excluding steroid dienone is 6. The van der Waals surface area contributed by atoms with Crippen LogP contribution in [0.15, 0.2) is 47.1 Å². The van der Waals surface area contributed by atoms with Crippen LogP contribution in [0.1, 0.15) is 66.7 Å². The molecular weight excluding hydrogens is 381 g/mol. The molecule has 0 heterocycles. The number of hydrogen-bond acceptors (Lipinski definition) is 4. The molecule has 1 atom stereocenters. The molecule has 0 saturated heterocycles. The molecule has 144 valence electrons. The minimum atomic E-state index is -4.88. The van der Waals surface area contributed by atoms with Crippen LogP contribution in [0.2, 0.25) is 0 Å². The molecule has 0 rings (SSSR count). The molecule has 0 aromatic carbocycles. The van der Waals surface area contributed by atoms with Crippen LogP contribution in [0.25, 0.3) is 0 Å². The Balaban J connectivity index is -0.00000288. The minimum Gasteiger partial charge on any atom is -0.790 e. The van der Waals surface area contributed by atoms with Crippen molar-refractivity contribution in [1.82, 2.24) is 0 Å². The normalized spacial score (nSPS) is 13.3. The maximum absolute atomic E-state index is 10.4. The maximum Gasteiger partial charge on any atom is 1.00 e. The van der Waals surface area contributed by atoms with Gasteiger partial charge in [0.1, 0.15) is 0 Å². The predicted octanol–water partition coefficient (Wildman–Crippen LogP) is -1.16. The van der Waals surface area contributed by atoms with E-state index in [0.717, 1.165) is 43.3 Å². The SMILES string of the molecule is C=C(C)C(C/C=C(\C)CCC=C(C)C)CC/C(C)=C/COP(=O)([O-])[O-].[Na+].[Na+]. The molecule has 0 spiro atoms. The standard InChI is InChI=1S/C20H35O4P.2Na/c1-16(2)8-7-9-18(5)10-12-20(17(3)4)13-11-19(6)14-15-24-25(21,22)23;;/h8,10,14,20H,3,7,9,11-13,15H2,1-2,4-6H3,(H2,21,22,23);;/q;2*+1/p-2/b18-10+,19-14+;;. The third kappa shape index (κ3) is 21.6. The number of phosphoric acid groups is 1. The van der Waals surface area contributed by atoms with Gasteiger partial charge in [0.25, 0.3) is 0 Å². The van der Waals surface area contributed by atoms with E-state index in [-0.39, 0.29) is 65.7 Å². The van der Waals surface area contributed by atoms with Gasteiger partial charge in [-0.25, -0.2) is 0 Å². The molecule has 27 heavy (non-hydrogen) atoms. The van der Waals surface area contributed by atoms with E-state index in [1.807, 2.05) is 13.8 Å². The van der Waals surface area contributed by atoms with Gasteiger partial charge in [-0.2, -0.15) is 0 Å². The van der Waals surface area contributed by atoms with E-state index in [0.29, 0.717) is 5.92 Å². The topological polar surface area (TPSA) is 72.4 Å². The zero-order chi connectivity index (χ0) is 19.5. The van der Waals surface area contributed by atoms with Crippen LogP contribution in [0, 0.1) is 5.92 Å². The van der Waals surface area contributed by atoms with Gasteiger partial charge in [0.15, 0.2) is 0 Å². The van der Waals surface area contributed by atoms with E-state index in [1.54, 1.807) is 6.08 Å². The summed E-state index contributed by atoms with van der Waals surface area (Å²) in [7, 11) is -4.88. The Bertz CT molecular complexity index is 558. The molecule has 0 bridgehead atoms. The molecule has 4 nitrogen and oxygen atoms in total. The zero-order valence-corrected chi connectivity index (χ0v) is 23.2. The maximum atomic E-state index is 10.4. The first-order valence-electron chi connectivity index (χ1n) is 8.78. The van der Waals surface area contributed by atoms with Crippen LogP contribution >= 0.6 is 7.82 Å².